The van der Waals surface area contributed by atoms with Gasteiger partial charge in [0.25, 0.3) is 5.89 Å². The molecule has 6 heteroatoms. The van der Waals surface area contributed by atoms with E-state index in [0.29, 0.717) is 36.4 Å². The molecule has 1 aromatic heterocycles. The highest BCUT2D eigenvalue weighted by molar-refractivity contribution is 5.59. The van der Waals surface area contributed by atoms with Crippen molar-refractivity contribution >= 4 is 0 Å². The Balaban J connectivity index is 2.35. The summed E-state index contributed by atoms with van der Waals surface area (Å²) >= 11 is 0. The molecule has 0 unspecified atom stereocenters. The van der Waals surface area contributed by atoms with Gasteiger partial charge in [-0.05, 0) is 45.9 Å². The Kier molecular flexibility index (Phi) is 4.47. The normalized spacial score (nSPS) is 11.5. The average molecular weight is 291 g/mol. The Morgan fingerprint density at radius 2 is 1.81 bits per heavy atom. The van der Waals surface area contributed by atoms with Crippen LogP contribution in [0.15, 0.2) is 22.7 Å². The van der Waals surface area contributed by atoms with Crippen molar-refractivity contribution in [3.05, 3.63) is 24.0 Å². The van der Waals surface area contributed by atoms with Gasteiger partial charge in [-0.3, -0.25) is 0 Å². The summed E-state index contributed by atoms with van der Waals surface area (Å²) in [7, 11) is 0. The minimum absolute atomic E-state index is 0.410. The Bertz CT molecular complexity index is 602. The molecule has 1 heterocycles. The quantitative estimate of drug-likeness (QED) is 0.881. The third-order valence-electron chi connectivity index (χ3n) is 2.79. The van der Waals surface area contributed by atoms with Gasteiger partial charge in [0, 0.05) is 5.56 Å². The predicted molar refractivity (Wildman–Crippen MR) is 79.3 cm³/mol. The van der Waals surface area contributed by atoms with E-state index in [1.807, 2.05) is 45.9 Å². The molecule has 1 aromatic carbocycles. The molecule has 0 aliphatic heterocycles. The van der Waals surface area contributed by atoms with E-state index in [1.165, 1.54) is 0 Å². The highest BCUT2D eigenvalue weighted by atomic mass is 16.5. The number of hydrogen-bond donors (Lipinski definition) is 1. The van der Waals surface area contributed by atoms with Crippen molar-refractivity contribution in [1.29, 1.82) is 0 Å². The van der Waals surface area contributed by atoms with Crippen molar-refractivity contribution in [2.45, 2.75) is 33.2 Å². The zero-order chi connectivity index (χ0) is 15.5. The average Bonchev–Trinajstić information content (AvgIpc) is 2.91. The van der Waals surface area contributed by atoms with Crippen LogP contribution in [0.3, 0.4) is 0 Å². The van der Waals surface area contributed by atoms with E-state index in [1.54, 1.807) is 0 Å². The second-order valence-corrected chi connectivity index (χ2v) is 5.17. The molecule has 0 saturated carbocycles. The molecule has 0 fully saturated rings. The smallest absolute Gasteiger partial charge is 0.258 e. The zero-order valence-electron chi connectivity index (χ0n) is 12.8. The lowest BCUT2D eigenvalue weighted by Gasteiger charge is -2.12. The Morgan fingerprint density at radius 1 is 1.14 bits per heavy atom. The number of hydrogen-bond acceptors (Lipinski definition) is 6. The van der Waals surface area contributed by atoms with Gasteiger partial charge in [-0.2, -0.15) is 4.98 Å². The zero-order valence-corrected chi connectivity index (χ0v) is 12.8. The summed E-state index contributed by atoms with van der Waals surface area (Å²) in [6.45, 7) is 8.62. The van der Waals surface area contributed by atoms with Gasteiger partial charge in [0.15, 0.2) is 17.3 Å². The largest absolute Gasteiger partial charge is 0.490 e. The molecule has 0 aliphatic carbocycles. The maximum absolute atomic E-state index is 5.96. The number of ether oxygens (including phenoxy) is 2. The second kappa shape index (κ2) is 6.13. The number of nitrogens with two attached hydrogens (primary N) is 1. The van der Waals surface area contributed by atoms with Crippen LogP contribution in [0.5, 0.6) is 11.5 Å². The maximum atomic E-state index is 5.96. The molecule has 0 bridgehead atoms. The molecule has 0 amide bonds. The fourth-order valence-corrected chi connectivity index (χ4v) is 1.79. The summed E-state index contributed by atoms with van der Waals surface area (Å²) in [6.07, 6.45) is 0. The first-order valence-electron chi connectivity index (χ1n) is 6.98. The SMILES string of the molecule is CCOc1ccc(-c2nc(C(C)(C)N)no2)cc1OCC. The van der Waals surface area contributed by atoms with Gasteiger partial charge in [-0.15, -0.1) is 0 Å². The first-order chi connectivity index (χ1) is 9.95. The lowest BCUT2D eigenvalue weighted by molar-refractivity contribution is 0.288. The van der Waals surface area contributed by atoms with Crippen LogP contribution in [-0.4, -0.2) is 23.4 Å². The van der Waals surface area contributed by atoms with Gasteiger partial charge < -0.3 is 19.7 Å². The summed E-state index contributed by atoms with van der Waals surface area (Å²) in [5.41, 5.74) is 6.09. The highest BCUT2D eigenvalue weighted by Crippen LogP contribution is 2.32. The van der Waals surface area contributed by atoms with Crippen LogP contribution in [-0.2, 0) is 5.54 Å². The van der Waals surface area contributed by atoms with Crippen molar-refractivity contribution in [3.63, 3.8) is 0 Å². The van der Waals surface area contributed by atoms with E-state index in [9.17, 15) is 0 Å². The summed E-state index contributed by atoms with van der Waals surface area (Å²) in [6, 6.07) is 5.52. The van der Waals surface area contributed by atoms with Crippen LogP contribution in [0, 0.1) is 0 Å². The molecular weight excluding hydrogens is 270 g/mol. The van der Waals surface area contributed by atoms with Crippen molar-refractivity contribution in [3.8, 4) is 23.0 Å². The number of rotatable bonds is 6. The molecule has 0 saturated heterocycles. The number of benzene rings is 1. The highest BCUT2D eigenvalue weighted by Gasteiger charge is 2.22. The van der Waals surface area contributed by atoms with Gasteiger partial charge in [0.1, 0.15) is 0 Å². The van der Waals surface area contributed by atoms with Gasteiger partial charge in [0.05, 0.1) is 18.8 Å². The van der Waals surface area contributed by atoms with E-state index < -0.39 is 5.54 Å². The van der Waals surface area contributed by atoms with Gasteiger partial charge in [-0.1, -0.05) is 5.16 Å². The molecule has 21 heavy (non-hydrogen) atoms. The molecule has 0 aliphatic rings. The fraction of sp³-hybridized carbons (Fsp3) is 0.467. The summed E-state index contributed by atoms with van der Waals surface area (Å²) < 4.78 is 16.4. The standard InChI is InChI=1S/C15H21N3O3/c1-5-19-11-8-7-10(9-12(11)20-6-2)13-17-14(18-21-13)15(3,4)16/h7-9H,5-6,16H2,1-4H3. The summed E-state index contributed by atoms with van der Waals surface area (Å²) in [4.78, 5) is 4.33. The molecule has 114 valence electrons. The van der Waals surface area contributed by atoms with Gasteiger partial charge >= 0.3 is 0 Å². The van der Waals surface area contributed by atoms with Crippen LogP contribution in [0.1, 0.15) is 33.5 Å². The molecule has 0 spiro atoms. The van der Waals surface area contributed by atoms with Crippen LogP contribution in [0.2, 0.25) is 0 Å². The minimum atomic E-state index is -0.643. The second-order valence-electron chi connectivity index (χ2n) is 5.17. The molecule has 0 radical (unpaired) electrons. The Morgan fingerprint density at radius 3 is 2.38 bits per heavy atom. The van der Waals surface area contributed by atoms with Gasteiger partial charge in [-0.25, -0.2) is 0 Å². The topological polar surface area (TPSA) is 83.4 Å². The number of nitrogens with zero attached hydrogens (tertiary/aromatic N) is 2. The summed E-state index contributed by atoms with van der Waals surface area (Å²) in [5.74, 6) is 2.22. The first kappa shape index (κ1) is 15.3. The maximum Gasteiger partial charge on any atom is 0.258 e. The fourth-order valence-electron chi connectivity index (χ4n) is 1.79. The van der Waals surface area contributed by atoms with Crippen molar-refractivity contribution < 1.29 is 14.0 Å². The third-order valence-corrected chi connectivity index (χ3v) is 2.79. The third kappa shape index (κ3) is 3.52. The van der Waals surface area contributed by atoms with Crippen molar-refractivity contribution in [2.75, 3.05) is 13.2 Å². The monoisotopic (exact) mass is 291 g/mol. The van der Waals surface area contributed by atoms with Crippen molar-refractivity contribution in [2.24, 2.45) is 5.73 Å². The minimum Gasteiger partial charge on any atom is -0.490 e. The first-order valence-corrected chi connectivity index (χ1v) is 6.98. The van der Waals surface area contributed by atoms with Crippen LogP contribution >= 0.6 is 0 Å². The van der Waals surface area contributed by atoms with Crippen LogP contribution in [0.25, 0.3) is 11.5 Å². The summed E-state index contributed by atoms with van der Waals surface area (Å²) in [5, 5.41) is 3.92. The Hall–Kier alpha value is -2.08. The van der Waals surface area contributed by atoms with E-state index >= 15 is 0 Å². The molecule has 2 aromatic rings. The lowest BCUT2D eigenvalue weighted by Crippen LogP contribution is -2.30. The van der Waals surface area contributed by atoms with Crippen molar-refractivity contribution in [1.82, 2.24) is 10.1 Å². The lowest BCUT2D eigenvalue weighted by atomic mass is 10.1. The van der Waals surface area contributed by atoms with E-state index in [-0.39, 0.29) is 0 Å². The molecule has 2 rings (SSSR count). The van der Waals surface area contributed by atoms with Crippen LogP contribution < -0.4 is 15.2 Å². The van der Waals surface area contributed by atoms with E-state index in [4.69, 9.17) is 19.7 Å². The Labute approximate surface area is 124 Å². The molecule has 6 nitrogen and oxygen atoms in total. The number of aromatic nitrogens is 2. The molecule has 2 N–H and O–H groups in total. The molecular formula is C15H21N3O3. The predicted octanol–water partition coefficient (Wildman–Crippen LogP) is 2.73. The van der Waals surface area contributed by atoms with E-state index in [0.717, 1.165) is 5.56 Å². The van der Waals surface area contributed by atoms with E-state index in [2.05, 4.69) is 10.1 Å². The molecule has 0 atom stereocenters. The van der Waals surface area contributed by atoms with Crippen LogP contribution in [0.4, 0.5) is 0 Å². The van der Waals surface area contributed by atoms with Gasteiger partial charge in [0.2, 0.25) is 0 Å².